The molecule has 188 valence electrons. The van der Waals surface area contributed by atoms with E-state index in [9.17, 15) is 33.4 Å². The van der Waals surface area contributed by atoms with Gasteiger partial charge in [-0.25, -0.2) is 4.79 Å². The number of hydrogen-bond donors (Lipinski definition) is 3. The lowest BCUT2D eigenvalue weighted by Crippen LogP contribution is -2.57. The van der Waals surface area contributed by atoms with Crippen LogP contribution in [0.2, 0.25) is 18.1 Å². The summed E-state index contributed by atoms with van der Waals surface area (Å²) in [5.41, 5.74) is -0.910. The Morgan fingerprint density at radius 3 is 1.84 bits per heavy atom. The Balaban J connectivity index is 5.42. The van der Waals surface area contributed by atoms with Crippen molar-refractivity contribution < 1.29 is 42.5 Å². The molecular weight excluding hydrogens is 444 g/mol. The van der Waals surface area contributed by atoms with E-state index >= 15 is 0 Å². The number of carbonyl (C=O) groups is 3. The monoisotopic (exact) mass is 483 g/mol. The summed E-state index contributed by atoms with van der Waals surface area (Å²) in [7, 11) is -2.42. The summed E-state index contributed by atoms with van der Waals surface area (Å²) < 4.78 is 39.9. The van der Waals surface area contributed by atoms with Crippen LogP contribution in [0.5, 0.6) is 0 Å². The van der Waals surface area contributed by atoms with Gasteiger partial charge < -0.3 is 24.7 Å². The molecule has 0 saturated heterocycles. The topological polar surface area (TPSA) is 122 Å². The van der Waals surface area contributed by atoms with E-state index in [0.717, 1.165) is 0 Å². The van der Waals surface area contributed by atoms with E-state index < -0.39 is 68.3 Å². The molecule has 0 fully saturated rings. The summed E-state index contributed by atoms with van der Waals surface area (Å²) in [6.07, 6.45) is -6.02. The largest absolute Gasteiger partial charge is 0.444 e. The van der Waals surface area contributed by atoms with Crippen molar-refractivity contribution in [3.05, 3.63) is 0 Å². The number of Topliss-reactive ketones (excluding diaryl/α,β-unsaturated/α-hetero) is 2. The molecule has 0 saturated carbocycles. The van der Waals surface area contributed by atoms with E-state index in [1.54, 1.807) is 20.8 Å². The quantitative estimate of drug-likeness (QED) is 0.322. The maximum absolute atomic E-state index is 14.6. The molecule has 0 aliphatic carbocycles. The number of amides is 1. The van der Waals surface area contributed by atoms with Crippen LogP contribution in [0.15, 0.2) is 0 Å². The average molecular weight is 484 g/mol. The predicted molar refractivity (Wildman–Crippen MR) is 118 cm³/mol. The standard InChI is InChI=1S/C21H39F2NO7Si/c1-12(2)14(24-18(29)31-19(3,4)5)15(26)17(28)21(22,23)16(27)13(25)11-30-32(9,10)20(6,7)8/h12-14,16,25,27H,11H2,1-10H3,(H,24,29)/t13-,14+,16-/m1/s1. The molecule has 0 rings (SSSR count). The number of ether oxygens (including phenoxy) is 1. The lowest BCUT2D eigenvalue weighted by atomic mass is 9.92. The lowest BCUT2D eigenvalue weighted by molar-refractivity contribution is -0.180. The normalized spacial score (nSPS) is 16.3. The number of aliphatic hydroxyl groups excluding tert-OH is 2. The second-order valence-electron chi connectivity index (χ2n) is 10.8. The summed E-state index contributed by atoms with van der Waals surface area (Å²) in [5, 5.41) is 21.9. The maximum atomic E-state index is 14.6. The van der Waals surface area contributed by atoms with Crippen LogP contribution in [0, 0.1) is 5.92 Å². The van der Waals surface area contributed by atoms with Gasteiger partial charge >= 0.3 is 12.0 Å². The van der Waals surface area contributed by atoms with Gasteiger partial charge in [-0.2, -0.15) is 8.78 Å². The number of carbonyl (C=O) groups excluding carboxylic acids is 3. The van der Waals surface area contributed by atoms with Crippen molar-refractivity contribution in [1.82, 2.24) is 5.32 Å². The molecule has 0 unspecified atom stereocenters. The molecule has 1 amide bonds. The zero-order valence-electron chi connectivity index (χ0n) is 20.7. The van der Waals surface area contributed by atoms with Crippen molar-refractivity contribution in [3.8, 4) is 0 Å². The highest BCUT2D eigenvalue weighted by molar-refractivity contribution is 6.74. The third kappa shape index (κ3) is 8.49. The molecule has 0 aliphatic heterocycles. The number of halogens is 2. The third-order valence-corrected chi connectivity index (χ3v) is 9.81. The number of hydrogen-bond acceptors (Lipinski definition) is 7. The molecule has 11 heteroatoms. The fourth-order valence-corrected chi connectivity index (χ4v) is 3.27. The minimum Gasteiger partial charge on any atom is -0.444 e. The molecule has 0 spiro atoms. The van der Waals surface area contributed by atoms with Gasteiger partial charge in [-0.3, -0.25) is 9.59 Å². The van der Waals surface area contributed by atoms with E-state index in [4.69, 9.17) is 9.16 Å². The Labute approximate surface area is 190 Å². The summed E-state index contributed by atoms with van der Waals surface area (Å²) in [5.74, 6) is -9.13. The first-order valence-corrected chi connectivity index (χ1v) is 13.4. The van der Waals surface area contributed by atoms with Gasteiger partial charge in [0.15, 0.2) is 14.4 Å². The third-order valence-electron chi connectivity index (χ3n) is 5.30. The molecule has 0 aromatic rings. The zero-order chi connectivity index (χ0) is 25.9. The van der Waals surface area contributed by atoms with Crippen molar-refractivity contribution in [2.75, 3.05) is 6.61 Å². The molecule has 0 radical (unpaired) electrons. The Bertz CT molecular complexity index is 685. The zero-order valence-corrected chi connectivity index (χ0v) is 21.7. The second kappa shape index (κ2) is 10.7. The van der Waals surface area contributed by atoms with E-state index in [1.807, 2.05) is 33.9 Å². The molecule has 3 N–H and O–H groups in total. The van der Waals surface area contributed by atoms with Crippen molar-refractivity contribution >= 4 is 26.0 Å². The van der Waals surface area contributed by atoms with Gasteiger partial charge in [0, 0.05) is 0 Å². The molecule has 0 aromatic carbocycles. The fraction of sp³-hybridized carbons (Fsp3) is 0.857. The van der Waals surface area contributed by atoms with E-state index in [-0.39, 0.29) is 5.04 Å². The van der Waals surface area contributed by atoms with Gasteiger partial charge in [-0.1, -0.05) is 34.6 Å². The Morgan fingerprint density at radius 1 is 1.00 bits per heavy atom. The SMILES string of the molecule is CC(C)[C@H](NC(=O)OC(C)(C)C)C(=O)C(=O)C(F)(F)[C@H](O)[C@H](O)CO[Si](C)(C)C(C)(C)C. The first-order chi connectivity index (χ1) is 14.0. The summed E-state index contributed by atoms with van der Waals surface area (Å²) in [6.45, 7) is 16.4. The Kier molecular flexibility index (Phi) is 10.2. The fourth-order valence-electron chi connectivity index (χ4n) is 2.25. The second-order valence-corrected chi connectivity index (χ2v) is 15.6. The molecule has 3 atom stereocenters. The highest BCUT2D eigenvalue weighted by Gasteiger charge is 2.54. The van der Waals surface area contributed by atoms with Crippen LogP contribution in [0.4, 0.5) is 13.6 Å². The van der Waals surface area contributed by atoms with Gasteiger partial charge in [0.1, 0.15) is 17.7 Å². The van der Waals surface area contributed by atoms with Crippen LogP contribution >= 0.6 is 0 Å². The van der Waals surface area contributed by atoms with Crippen molar-refractivity contribution in [2.24, 2.45) is 5.92 Å². The first kappa shape index (κ1) is 30.6. The van der Waals surface area contributed by atoms with Crippen LogP contribution in [-0.2, 0) is 18.8 Å². The minimum absolute atomic E-state index is 0.274. The Morgan fingerprint density at radius 2 is 1.47 bits per heavy atom. The molecule has 0 bridgehead atoms. The van der Waals surface area contributed by atoms with Crippen molar-refractivity contribution in [2.45, 2.75) is 103 Å². The maximum Gasteiger partial charge on any atom is 0.408 e. The van der Waals surface area contributed by atoms with Gasteiger partial charge in [-0.05, 0) is 44.8 Å². The number of aliphatic hydroxyl groups is 2. The van der Waals surface area contributed by atoms with Gasteiger partial charge in [0.25, 0.3) is 5.78 Å². The number of alkyl carbamates (subject to hydrolysis) is 1. The average Bonchev–Trinajstić information content (AvgIpc) is 2.59. The van der Waals surface area contributed by atoms with Crippen molar-refractivity contribution in [3.63, 3.8) is 0 Å². The van der Waals surface area contributed by atoms with Crippen LogP contribution in [0.25, 0.3) is 0 Å². The summed E-state index contributed by atoms with van der Waals surface area (Å²) in [6, 6.07) is -1.60. The van der Waals surface area contributed by atoms with Crippen LogP contribution in [0.1, 0.15) is 55.4 Å². The lowest BCUT2D eigenvalue weighted by Gasteiger charge is -2.37. The highest BCUT2D eigenvalue weighted by Crippen LogP contribution is 2.37. The molecule has 0 aliphatic rings. The van der Waals surface area contributed by atoms with Gasteiger partial charge in [0.2, 0.25) is 5.78 Å². The molecular formula is C21H39F2NO7Si. The molecule has 32 heavy (non-hydrogen) atoms. The van der Waals surface area contributed by atoms with E-state index in [1.165, 1.54) is 13.8 Å². The van der Waals surface area contributed by atoms with E-state index in [0.29, 0.717) is 0 Å². The minimum atomic E-state index is -4.59. The number of nitrogens with one attached hydrogen (secondary N) is 1. The van der Waals surface area contributed by atoms with Gasteiger partial charge in [0.05, 0.1) is 6.61 Å². The summed E-state index contributed by atoms with van der Waals surface area (Å²) >= 11 is 0. The van der Waals surface area contributed by atoms with E-state index in [2.05, 4.69) is 5.32 Å². The van der Waals surface area contributed by atoms with Gasteiger partial charge in [-0.15, -0.1) is 0 Å². The molecule has 8 nitrogen and oxygen atoms in total. The van der Waals surface area contributed by atoms with Crippen LogP contribution in [0.3, 0.4) is 0 Å². The Hall–Kier alpha value is -1.43. The van der Waals surface area contributed by atoms with Crippen LogP contribution < -0.4 is 5.32 Å². The number of ketones is 2. The molecule has 0 aromatic heterocycles. The number of rotatable bonds is 10. The summed E-state index contributed by atoms with van der Waals surface area (Å²) in [4.78, 5) is 36.7. The first-order valence-electron chi connectivity index (χ1n) is 10.5. The van der Waals surface area contributed by atoms with Crippen LogP contribution in [-0.4, -0.2) is 72.6 Å². The number of alkyl halides is 2. The smallest absolute Gasteiger partial charge is 0.408 e. The van der Waals surface area contributed by atoms with Crippen molar-refractivity contribution in [1.29, 1.82) is 0 Å². The predicted octanol–water partition coefficient (Wildman–Crippen LogP) is 3.05. The highest BCUT2D eigenvalue weighted by atomic mass is 28.4. The molecule has 0 heterocycles.